The molecule has 1 aromatic heterocycles. The maximum absolute atomic E-state index is 12.7. The Labute approximate surface area is 108 Å². The van der Waals surface area contributed by atoms with Gasteiger partial charge in [0.05, 0.1) is 12.5 Å². The van der Waals surface area contributed by atoms with Gasteiger partial charge in [-0.05, 0) is 19.4 Å². The minimum atomic E-state index is -4.16. The maximum atomic E-state index is 12.7. The molecule has 2 heterocycles. The summed E-state index contributed by atoms with van der Waals surface area (Å²) < 4.78 is 38.0. The van der Waals surface area contributed by atoms with Crippen molar-refractivity contribution in [2.45, 2.75) is 25.6 Å². The molecule has 4 N–H and O–H groups in total. The molecule has 1 aliphatic rings. The molecule has 0 saturated carbocycles. The normalized spacial score (nSPS) is 21.5. The molecular formula is C10H15F3N6. The lowest BCUT2D eigenvalue weighted by Crippen LogP contribution is -2.41. The molecule has 0 spiro atoms. The highest BCUT2D eigenvalue weighted by atomic mass is 19.4. The number of alkyl halides is 3. The summed E-state index contributed by atoms with van der Waals surface area (Å²) in [7, 11) is 0. The van der Waals surface area contributed by atoms with E-state index < -0.39 is 12.1 Å². The zero-order chi connectivity index (χ0) is 14.0. The SMILES string of the molecule is Nc1nc(N)nc(CN2CCC[C@@H](C(F)(F)F)C2)n1. The molecule has 0 aliphatic carbocycles. The van der Waals surface area contributed by atoms with E-state index in [0.29, 0.717) is 18.8 Å². The molecule has 0 aromatic carbocycles. The van der Waals surface area contributed by atoms with Crippen LogP contribution in [-0.4, -0.2) is 39.1 Å². The van der Waals surface area contributed by atoms with E-state index in [1.54, 1.807) is 4.90 Å². The Bertz CT molecular complexity index is 429. The largest absolute Gasteiger partial charge is 0.393 e. The molecule has 0 radical (unpaired) electrons. The molecule has 0 unspecified atom stereocenters. The quantitative estimate of drug-likeness (QED) is 0.830. The van der Waals surface area contributed by atoms with E-state index in [1.165, 1.54) is 0 Å². The highest BCUT2D eigenvalue weighted by Crippen LogP contribution is 2.33. The summed E-state index contributed by atoms with van der Waals surface area (Å²) in [5.41, 5.74) is 10.8. The average molecular weight is 276 g/mol. The van der Waals surface area contributed by atoms with E-state index in [9.17, 15) is 13.2 Å². The highest BCUT2D eigenvalue weighted by molar-refractivity contribution is 5.25. The van der Waals surface area contributed by atoms with Crippen LogP contribution in [0.1, 0.15) is 18.7 Å². The van der Waals surface area contributed by atoms with Crippen molar-refractivity contribution in [1.82, 2.24) is 19.9 Å². The van der Waals surface area contributed by atoms with Crippen LogP contribution in [0.3, 0.4) is 0 Å². The molecule has 1 aliphatic heterocycles. The Morgan fingerprint density at radius 2 is 1.79 bits per heavy atom. The predicted molar refractivity (Wildman–Crippen MR) is 62.7 cm³/mol. The van der Waals surface area contributed by atoms with Crippen LogP contribution in [0.2, 0.25) is 0 Å². The predicted octanol–water partition coefficient (Wildman–Crippen LogP) is 0.810. The first-order valence-electron chi connectivity index (χ1n) is 5.89. The van der Waals surface area contributed by atoms with Gasteiger partial charge in [0.1, 0.15) is 5.82 Å². The number of rotatable bonds is 2. The average Bonchev–Trinajstić information content (AvgIpc) is 2.26. The number of hydrogen-bond donors (Lipinski definition) is 2. The van der Waals surface area contributed by atoms with Gasteiger partial charge in [-0.15, -0.1) is 0 Å². The van der Waals surface area contributed by atoms with Gasteiger partial charge in [0.25, 0.3) is 0 Å². The maximum Gasteiger partial charge on any atom is 0.393 e. The molecule has 1 fully saturated rings. The summed E-state index contributed by atoms with van der Waals surface area (Å²) >= 11 is 0. The second kappa shape index (κ2) is 5.16. The standard InChI is InChI=1S/C10H15F3N6/c11-10(12,13)6-2-1-3-19(4-6)5-7-16-8(14)18-9(15)17-7/h6H,1-5H2,(H4,14,15,16,17,18)/t6-/m1/s1. The van der Waals surface area contributed by atoms with Crippen molar-refractivity contribution < 1.29 is 13.2 Å². The van der Waals surface area contributed by atoms with E-state index in [-0.39, 0.29) is 31.4 Å². The molecule has 9 heteroatoms. The Kier molecular flexibility index (Phi) is 3.74. The van der Waals surface area contributed by atoms with Gasteiger partial charge in [-0.25, -0.2) is 0 Å². The van der Waals surface area contributed by atoms with Crippen molar-refractivity contribution >= 4 is 11.9 Å². The number of halogens is 3. The lowest BCUT2D eigenvalue weighted by atomic mass is 9.97. The van der Waals surface area contributed by atoms with E-state index in [0.717, 1.165) is 0 Å². The van der Waals surface area contributed by atoms with Gasteiger partial charge < -0.3 is 11.5 Å². The molecule has 1 aromatic rings. The minimum Gasteiger partial charge on any atom is -0.368 e. The third-order valence-corrected chi connectivity index (χ3v) is 3.05. The number of likely N-dealkylation sites (tertiary alicyclic amines) is 1. The summed E-state index contributed by atoms with van der Waals surface area (Å²) in [4.78, 5) is 13.0. The van der Waals surface area contributed by atoms with Gasteiger partial charge in [-0.1, -0.05) is 0 Å². The molecule has 0 bridgehead atoms. The van der Waals surface area contributed by atoms with E-state index in [2.05, 4.69) is 15.0 Å². The molecular weight excluding hydrogens is 261 g/mol. The highest BCUT2D eigenvalue weighted by Gasteiger charge is 2.41. The lowest BCUT2D eigenvalue weighted by Gasteiger charge is -2.33. The van der Waals surface area contributed by atoms with Gasteiger partial charge in [0, 0.05) is 6.54 Å². The fourth-order valence-corrected chi connectivity index (χ4v) is 2.19. The van der Waals surface area contributed by atoms with E-state index >= 15 is 0 Å². The Morgan fingerprint density at radius 1 is 1.16 bits per heavy atom. The van der Waals surface area contributed by atoms with Crippen molar-refractivity contribution in [2.24, 2.45) is 5.92 Å². The number of hydrogen-bond acceptors (Lipinski definition) is 6. The van der Waals surface area contributed by atoms with Crippen LogP contribution in [0, 0.1) is 5.92 Å². The van der Waals surface area contributed by atoms with Gasteiger partial charge in [-0.2, -0.15) is 28.1 Å². The van der Waals surface area contributed by atoms with Gasteiger partial charge in [-0.3, -0.25) is 4.90 Å². The molecule has 6 nitrogen and oxygen atoms in total. The van der Waals surface area contributed by atoms with E-state index in [4.69, 9.17) is 11.5 Å². The van der Waals surface area contributed by atoms with Crippen LogP contribution in [0.25, 0.3) is 0 Å². The fourth-order valence-electron chi connectivity index (χ4n) is 2.19. The Hall–Kier alpha value is -1.64. The molecule has 1 atom stereocenters. The fraction of sp³-hybridized carbons (Fsp3) is 0.700. The van der Waals surface area contributed by atoms with Crippen molar-refractivity contribution in [3.63, 3.8) is 0 Å². The number of nitrogens with zero attached hydrogens (tertiary/aromatic N) is 4. The van der Waals surface area contributed by atoms with Crippen LogP contribution in [0.5, 0.6) is 0 Å². The zero-order valence-corrected chi connectivity index (χ0v) is 10.2. The number of aromatic nitrogens is 3. The van der Waals surface area contributed by atoms with Crippen LogP contribution in [0.15, 0.2) is 0 Å². The Balaban J connectivity index is 2.02. The number of nitrogen functional groups attached to an aromatic ring is 2. The Morgan fingerprint density at radius 3 is 2.37 bits per heavy atom. The van der Waals surface area contributed by atoms with Gasteiger partial charge in [0.2, 0.25) is 11.9 Å². The summed E-state index contributed by atoms with van der Waals surface area (Å²) in [6.07, 6.45) is -3.49. The van der Waals surface area contributed by atoms with Gasteiger partial charge in [0.15, 0.2) is 0 Å². The summed E-state index contributed by atoms with van der Waals surface area (Å²) in [6.45, 7) is 0.733. The van der Waals surface area contributed by atoms with Crippen molar-refractivity contribution in [3.8, 4) is 0 Å². The number of anilines is 2. The van der Waals surface area contributed by atoms with Crippen molar-refractivity contribution in [3.05, 3.63) is 5.82 Å². The summed E-state index contributed by atoms with van der Waals surface area (Å²) in [5, 5.41) is 0. The smallest absolute Gasteiger partial charge is 0.368 e. The molecule has 106 valence electrons. The number of piperidine rings is 1. The lowest BCUT2D eigenvalue weighted by molar-refractivity contribution is -0.187. The van der Waals surface area contributed by atoms with Crippen LogP contribution < -0.4 is 11.5 Å². The van der Waals surface area contributed by atoms with E-state index in [1.807, 2.05) is 0 Å². The third kappa shape index (κ3) is 3.66. The van der Waals surface area contributed by atoms with Crippen LogP contribution >= 0.6 is 0 Å². The second-order valence-electron chi connectivity index (χ2n) is 4.58. The molecule has 2 rings (SSSR count). The van der Waals surface area contributed by atoms with Crippen molar-refractivity contribution in [2.75, 3.05) is 24.6 Å². The number of nitrogens with two attached hydrogens (primary N) is 2. The monoisotopic (exact) mass is 276 g/mol. The zero-order valence-electron chi connectivity index (χ0n) is 10.2. The van der Waals surface area contributed by atoms with Gasteiger partial charge >= 0.3 is 6.18 Å². The second-order valence-corrected chi connectivity index (χ2v) is 4.58. The summed E-state index contributed by atoms with van der Waals surface area (Å²) in [6, 6.07) is 0. The molecule has 1 saturated heterocycles. The molecule has 19 heavy (non-hydrogen) atoms. The first-order valence-corrected chi connectivity index (χ1v) is 5.89. The van der Waals surface area contributed by atoms with Crippen LogP contribution in [-0.2, 0) is 6.54 Å². The summed E-state index contributed by atoms with van der Waals surface area (Å²) in [5.74, 6) is -1.04. The topological polar surface area (TPSA) is 93.9 Å². The molecule has 0 amide bonds. The third-order valence-electron chi connectivity index (χ3n) is 3.05. The first-order chi connectivity index (χ1) is 8.84. The van der Waals surface area contributed by atoms with Crippen LogP contribution in [0.4, 0.5) is 25.1 Å². The van der Waals surface area contributed by atoms with Crippen molar-refractivity contribution in [1.29, 1.82) is 0 Å². The first kappa shape index (κ1) is 13.8. The minimum absolute atomic E-state index is 0.0214.